The average Bonchev–Trinajstić information content (AvgIpc) is 2.39. The van der Waals surface area contributed by atoms with Crippen LogP contribution in [0.2, 0.25) is 0 Å². The molecule has 1 aromatic rings. The Morgan fingerprint density at radius 2 is 2.16 bits per heavy atom. The molecule has 1 aliphatic heterocycles. The van der Waals surface area contributed by atoms with E-state index in [2.05, 4.69) is 0 Å². The first-order valence-corrected chi connectivity index (χ1v) is 6.06. The Balaban J connectivity index is 2.23. The van der Waals surface area contributed by atoms with Gasteiger partial charge in [-0.1, -0.05) is 6.07 Å². The van der Waals surface area contributed by atoms with Crippen LogP contribution in [0.4, 0.5) is 13.2 Å². The average molecular weight is 276 g/mol. The molecule has 0 aliphatic carbocycles. The first-order chi connectivity index (χ1) is 9.00. The molecule has 0 spiro atoms. The first kappa shape index (κ1) is 14.1. The van der Waals surface area contributed by atoms with Crippen molar-refractivity contribution < 1.29 is 27.8 Å². The molecule has 0 aromatic heterocycles. The molecule has 3 nitrogen and oxygen atoms in total. The van der Waals surface area contributed by atoms with Crippen LogP contribution in [0.1, 0.15) is 24.0 Å². The van der Waals surface area contributed by atoms with Gasteiger partial charge in [0.05, 0.1) is 18.8 Å². The highest BCUT2D eigenvalue weighted by molar-refractivity contribution is 5.39. The fourth-order valence-corrected chi connectivity index (χ4v) is 1.98. The molecule has 106 valence electrons. The molecule has 0 amide bonds. The summed E-state index contributed by atoms with van der Waals surface area (Å²) in [5, 5.41) is 8.91. The number of benzene rings is 1. The molecule has 1 N–H and O–H groups in total. The van der Waals surface area contributed by atoms with Crippen molar-refractivity contribution in [3.8, 4) is 5.75 Å². The molecule has 1 aromatic carbocycles. The van der Waals surface area contributed by atoms with Crippen molar-refractivity contribution in [3.05, 3.63) is 29.3 Å². The van der Waals surface area contributed by atoms with Crippen LogP contribution >= 0.6 is 0 Å². The van der Waals surface area contributed by atoms with E-state index >= 15 is 0 Å². The second-order valence-corrected chi connectivity index (χ2v) is 4.44. The Labute approximate surface area is 108 Å². The lowest BCUT2D eigenvalue weighted by atomic mass is 10.1. The molecule has 1 saturated heterocycles. The van der Waals surface area contributed by atoms with E-state index in [0.717, 1.165) is 12.5 Å². The van der Waals surface area contributed by atoms with Crippen LogP contribution in [-0.4, -0.2) is 24.4 Å². The van der Waals surface area contributed by atoms with Gasteiger partial charge in [-0.2, -0.15) is 13.2 Å². The van der Waals surface area contributed by atoms with Gasteiger partial charge in [0.15, 0.2) is 0 Å². The van der Waals surface area contributed by atoms with Gasteiger partial charge in [-0.05, 0) is 30.5 Å². The van der Waals surface area contributed by atoms with Crippen LogP contribution in [0.25, 0.3) is 0 Å². The van der Waals surface area contributed by atoms with Crippen LogP contribution in [-0.2, 0) is 17.5 Å². The van der Waals surface area contributed by atoms with E-state index in [-0.39, 0.29) is 17.4 Å². The number of halogens is 3. The number of alkyl halides is 3. The molecule has 0 radical (unpaired) electrons. The van der Waals surface area contributed by atoms with Gasteiger partial charge in [0, 0.05) is 6.61 Å². The molecule has 1 heterocycles. The molecule has 1 unspecified atom stereocenters. The number of aliphatic hydroxyl groups excluding tert-OH is 1. The topological polar surface area (TPSA) is 38.7 Å². The summed E-state index contributed by atoms with van der Waals surface area (Å²) < 4.78 is 49.3. The third-order valence-electron chi connectivity index (χ3n) is 2.94. The zero-order valence-electron chi connectivity index (χ0n) is 10.2. The summed E-state index contributed by atoms with van der Waals surface area (Å²) in [5.41, 5.74) is -0.649. The standard InChI is InChI=1S/C13H15F3O3/c14-13(15,16)11-6-9(7-17)3-4-12(11)19-10-2-1-5-18-8-10/h3-4,6,10,17H,1-2,5,7-8H2. The van der Waals surface area contributed by atoms with E-state index in [4.69, 9.17) is 14.6 Å². The number of ether oxygens (including phenoxy) is 2. The molecule has 1 aliphatic rings. The first-order valence-electron chi connectivity index (χ1n) is 6.06. The zero-order chi connectivity index (χ0) is 13.9. The largest absolute Gasteiger partial charge is 0.487 e. The minimum Gasteiger partial charge on any atom is -0.487 e. The van der Waals surface area contributed by atoms with E-state index in [0.29, 0.717) is 19.6 Å². The van der Waals surface area contributed by atoms with E-state index < -0.39 is 18.3 Å². The maximum atomic E-state index is 12.9. The van der Waals surface area contributed by atoms with Gasteiger partial charge in [-0.15, -0.1) is 0 Å². The molecular weight excluding hydrogens is 261 g/mol. The van der Waals surface area contributed by atoms with Crippen LogP contribution in [0.15, 0.2) is 18.2 Å². The van der Waals surface area contributed by atoms with Crippen LogP contribution in [0.5, 0.6) is 5.75 Å². The van der Waals surface area contributed by atoms with Crippen LogP contribution in [0, 0.1) is 0 Å². The highest BCUT2D eigenvalue weighted by Gasteiger charge is 2.35. The maximum Gasteiger partial charge on any atom is 0.419 e. The Hall–Kier alpha value is -1.27. The van der Waals surface area contributed by atoms with Gasteiger partial charge in [0.25, 0.3) is 0 Å². The van der Waals surface area contributed by atoms with E-state index in [9.17, 15) is 13.2 Å². The van der Waals surface area contributed by atoms with E-state index in [1.807, 2.05) is 0 Å². The number of aliphatic hydroxyl groups is 1. The molecule has 1 atom stereocenters. The van der Waals surface area contributed by atoms with Gasteiger partial charge in [0.2, 0.25) is 0 Å². The minimum absolute atomic E-state index is 0.208. The van der Waals surface area contributed by atoms with E-state index in [1.54, 1.807) is 0 Å². The molecule has 1 fully saturated rings. The van der Waals surface area contributed by atoms with Gasteiger partial charge in [-0.25, -0.2) is 0 Å². The fraction of sp³-hybridized carbons (Fsp3) is 0.538. The number of hydrogen-bond donors (Lipinski definition) is 1. The molecular formula is C13H15F3O3. The highest BCUT2D eigenvalue weighted by atomic mass is 19.4. The summed E-state index contributed by atoms with van der Waals surface area (Å²) in [6.07, 6.45) is -3.40. The van der Waals surface area contributed by atoms with Crippen molar-refractivity contribution in [2.75, 3.05) is 13.2 Å². The zero-order valence-corrected chi connectivity index (χ0v) is 10.2. The normalized spacial score (nSPS) is 20.3. The van der Waals surface area contributed by atoms with Crippen LogP contribution < -0.4 is 4.74 Å². The summed E-state index contributed by atoms with van der Waals surface area (Å²) in [7, 11) is 0. The smallest absolute Gasteiger partial charge is 0.419 e. The second-order valence-electron chi connectivity index (χ2n) is 4.44. The molecule has 19 heavy (non-hydrogen) atoms. The Morgan fingerprint density at radius 1 is 1.37 bits per heavy atom. The third kappa shape index (κ3) is 3.61. The Morgan fingerprint density at radius 3 is 2.74 bits per heavy atom. The maximum absolute atomic E-state index is 12.9. The Kier molecular flexibility index (Phi) is 4.31. The van der Waals surface area contributed by atoms with Crippen molar-refractivity contribution in [2.45, 2.75) is 31.7 Å². The lowest BCUT2D eigenvalue weighted by Gasteiger charge is -2.25. The summed E-state index contributed by atoms with van der Waals surface area (Å²) in [5.74, 6) is -0.208. The molecule has 6 heteroatoms. The van der Waals surface area contributed by atoms with Crippen molar-refractivity contribution in [3.63, 3.8) is 0 Å². The van der Waals surface area contributed by atoms with Crippen molar-refractivity contribution >= 4 is 0 Å². The van der Waals surface area contributed by atoms with E-state index in [1.165, 1.54) is 12.1 Å². The Bertz CT molecular complexity index is 426. The highest BCUT2D eigenvalue weighted by Crippen LogP contribution is 2.37. The fourth-order valence-electron chi connectivity index (χ4n) is 1.98. The summed E-state index contributed by atoms with van der Waals surface area (Å²) in [6, 6.07) is 3.59. The molecule has 0 bridgehead atoms. The monoisotopic (exact) mass is 276 g/mol. The van der Waals surface area contributed by atoms with Gasteiger partial charge in [0.1, 0.15) is 11.9 Å². The number of rotatable bonds is 3. The van der Waals surface area contributed by atoms with Crippen molar-refractivity contribution in [1.29, 1.82) is 0 Å². The summed E-state index contributed by atoms with van der Waals surface area (Å²) in [4.78, 5) is 0. The number of hydrogen-bond acceptors (Lipinski definition) is 3. The van der Waals surface area contributed by atoms with Crippen molar-refractivity contribution in [1.82, 2.24) is 0 Å². The summed E-state index contributed by atoms with van der Waals surface area (Å²) in [6.45, 7) is 0.490. The predicted molar refractivity (Wildman–Crippen MR) is 61.8 cm³/mol. The SMILES string of the molecule is OCc1ccc(OC2CCCOC2)c(C(F)(F)F)c1. The second kappa shape index (κ2) is 5.79. The predicted octanol–water partition coefficient (Wildman–Crippen LogP) is 2.76. The van der Waals surface area contributed by atoms with Crippen LogP contribution in [0.3, 0.4) is 0 Å². The quantitative estimate of drug-likeness (QED) is 0.922. The van der Waals surface area contributed by atoms with Crippen molar-refractivity contribution in [2.24, 2.45) is 0 Å². The third-order valence-corrected chi connectivity index (χ3v) is 2.94. The van der Waals surface area contributed by atoms with Gasteiger partial charge >= 0.3 is 6.18 Å². The minimum atomic E-state index is -4.50. The van der Waals surface area contributed by atoms with Gasteiger partial charge in [-0.3, -0.25) is 0 Å². The van der Waals surface area contributed by atoms with Gasteiger partial charge < -0.3 is 14.6 Å². The lowest BCUT2D eigenvalue weighted by Crippen LogP contribution is -2.28. The summed E-state index contributed by atoms with van der Waals surface area (Å²) >= 11 is 0. The molecule has 2 rings (SSSR count). The molecule has 0 saturated carbocycles. The lowest BCUT2D eigenvalue weighted by molar-refractivity contribution is -0.139.